The molecule has 2 aromatic carbocycles. The Morgan fingerprint density at radius 2 is 1.55 bits per heavy atom. The average molecular weight is 294 g/mol. The van der Waals surface area contributed by atoms with Crippen LogP contribution in [-0.4, -0.2) is 0 Å². The van der Waals surface area contributed by atoms with E-state index in [-0.39, 0.29) is 0 Å². The van der Waals surface area contributed by atoms with Crippen LogP contribution in [0.3, 0.4) is 0 Å². The molecule has 0 amide bonds. The third-order valence-electron chi connectivity index (χ3n) is 5.11. The van der Waals surface area contributed by atoms with Crippen molar-refractivity contribution in [1.82, 2.24) is 0 Å². The van der Waals surface area contributed by atoms with Crippen molar-refractivity contribution in [2.75, 3.05) is 11.5 Å². The van der Waals surface area contributed by atoms with E-state index in [1.54, 1.807) is 0 Å². The van der Waals surface area contributed by atoms with Crippen LogP contribution in [0.5, 0.6) is 0 Å². The molecule has 0 heterocycles. The molecule has 1 saturated carbocycles. The molecule has 22 heavy (non-hydrogen) atoms. The molecule has 0 bridgehead atoms. The Labute approximate surface area is 133 Å². The zero-order valence-corrected chi connectivity index (χ0v) is 13.6. The molecular formula is C20H26N2. The van der Waals surface area contributed by atoms with Crippen LogP contribution in [0.1, 0.15) is 51.0 Å². The molecule has 2 heteroatoms. The topological polar surface area (TPSA) is 52.0 Å². The van der Waals surface area contributed by atoms with Crippen LogP contribution in [0.15, 0.2) is 42.5 Å². The summed E-state index contributed by atoms with van der Waals surface area (Å²) in [5.41, 5.74) is 17.6. The fraction of sp³-hybridized carbons (Fsp3) is 0.400. The van der Waals surface area contributed by atoms with E-state index in [4.69, 9.17) is 11.5 Å². The van der Waals surface area contributed by atoms with Crippen LogP contribution < -0.4 is 11.5 Å². The predicted molar refractivity (Wildman–Crippen MR) is 95.7 cm³/mol. The Kier molecular flexibility index (Phi) is 3.86. The molecule has 0 radical (unpaired) electrons. The summed E-state index contributed by atoms with van der Waals surface area (Å²) in [5, 5.41) is 0. The molecule has 0 unspecified atom stereocenters. The van der Waals surface area contributed by atoms with Crippen LogP contribution in [0.25, 0.3) is 11.1 Å². The minimum atomic E-state index is 0.520. The van der Waals surface area contributed by atoms with Gasteiger partial charge in [-0.15, -0.1) is 0 Å². The van der Waals surface area contributed by atoms with Crippen LogP contribution >= 0.6 is 0 Å². The highest BCUT2D eigenvalue weighted by Crippen LogP contribution is 2.42. The maximum Gasteiger partial charge on any atom is 0.0395 e. The molecule has 3 rings (SSSR count). The number of hydrogen-bond acceptors (Lipinski definition) is 2. The van der Waals surface area contributed by atoms with E-state index in [0.29, 0.717) is 11.3 Å². The van der Waals surface area contributed by atoms with Gasteiger partial charge in [0, 0.05) is 16.9 Å². The minimum absolute atomic E-state index is 0.520. The highest BCUT2D eigenvalue weighted by atomic mass is 14.6. The van der Waals surface area contributed by atoms with Crippen molar-refractivity contribution in [3.63, 3.8) is 0 Å². The van der Waals surface area contributed by atoms with Gasteiger partial charge in [0.2, 0.25) is 0 Å². The molecule has 2 aromatic rings. The van der Waals surface area contributed by atoms with E-state index in [2.05, 4.69) is 38.1 Å². The van der Waals surface area contributed by atoms with Crippen LogP contribution in [0, 0.1) is 5.41 Å². The zero-order valence-electron chi connectivity index (χ0n) is 13.6. The van der Waals surface area contributed by atoms with Crippen molar-refractivity contribution >= 4 is 11.4 Å². The SMILES string of the molecule is CC1(C)CCC(c2ccc(-c3cc(N)ccc3N)cc2)CC1. The lowest BCUT2D eigenvalue weighted by molar-refractivity contribution is 0.224. The quantitative estimate of drug-likeness (QED) is 0.748. The summed E-state index contributed by atoms with van der Waals surface area (Å²) in [4.78, 5) is 0. The summed E-state index contributed by atoms with van der Waals surface area (Å²) in [5.74, 6) is 0.709. The Morgan fingerprint density at radius 3 is 2.18 bits per heavy atom. The van der Waals surface area contributed by atoms with Gasteiger partial charge in [0.1, 0.15) is 0 Å². The molecule has 4 N–H and O–H groups in total. The van der Waals surface area contributed by atoms with Crippen LogP contribution in [0.4, 0.5) is 11.4 Å². The third-order valence-corrected chi connectivity index (χ3v) is 5.11. The van der Waals surface area contributed by atoms with E-state index >= 15 is 0 Å². The minimum Gasteiger partial charge on any atom is -0.399 e. The smallest absolute Gasteiger partial charge is 0.0395 e. The highest BCUT2D eigenvalue weighted by molar-refractivity contribution is 5.79. The standard InChI is InChI=1S/C20H26N2/c1-20(2)11-9-15(10-12-20)14-3-5-16(6-4-14)18-13-17(21)7-8-19(18)22/h3-8,13,15H,9-12,21-22H2,1-2H3. The molecule has 1 aliphatic carbocycles. The predicted octanol–water partition coefficient (Wildman–Crippen LogP) is 5.20. The fourth-order valence-corrected chi connectivity index (χ4v) is 3.49. The first kappa shape index (κ1) is 15.0. The van der Waals surface area contributed by atoms with Gasteiger partial charge in [-0.3, -0.25) is 0 Å². The summed E-state index contributed by atoms with van der Waals surface area (Å²) in [6, 6.07) is 14.6. The fourth-order valence-electron chi connectivity index (χ4n) is 3.49. The second-order valence-corrected chi connectivity index (χ2v) is 7.41. The first-order valence-electron chi connectivity index (χ1n) is 8.20. The van der Waals surface area contributed by atoms with Gasteiger partial charge in [-0.1, -0.05) is 38.1 Å². The molecule has 0 aromatic heterocycles. The van der Waals surface area contributed by atoms with E-state index in [9.17, 15) is 0 Å². The zero-order chi connectivity index (χ0) is 15.7. The van der Waals surface area contributed by atoms with Gasteiger partial charge in [0.25, 0.3) is 0 Å². The summed E-state index contributed by atoms with van der Waals surface area (Å²) in [6.07, 6.45) is 5.24. The van der Waals surface area contributed by atoms with E-state index in [1.165, 1.54) is 31.2 Å². The maximum absolute atomic E-state index is 6.08. The molecule has 2 nitrogen and oxygen atoms in total. The largest absolute Gasteiger partial charge is 0.399 e. The molecule has 0 atom stereocenters. The maximum atomic E-state index is 6.08. The second kappa shape index (κ2) is 5.68. The molecule has 1 aliphatic rings. The summed E-state index contributed by atoms with van der Waals surface area (Å²) in [7, 11) is 0. The summed E-state index contributed by atoms with van der Waals surface area (Å²) < 4.78 is 0. The number of benzene rings is 2. The Balaban J connectivity index is 1.80. The Bertz CT molecular complexity index is 646. The van der Waals surface area contributed by atoms with Crippen LogP contribution in [-0.2, 0) is 0 Å². The van der Waals surface area contributed by atoms with Gasteiger partial charge in [-0.05, 0) is 66.3 Å². The molecule has 1 fully saturated rings. The van der Waals surface area contributed by atoms with E-state index in [0.717, 1.165) is 22.5 Å². The van der Waals surface area contributed by atoms with Gasteiger partial charge in [0.05, 0.1) is 0 Å². The van der Waals surface area contributed by atoms with Crippen molar-refractivity contribution in [1.29, 1.82) is 0 Å². The number of rotatable bonds is 2. The van der Waals surface area contributed by atoms with E-state index in [1.807, 2.05) is 18.2 Å². The lowest BCUT2D eigenvalue weighted by Crippen LogP contribution is -2.20. The van der Waals surface area contributed by atoms with E-state index < -0.39 is 0 Å². The molecule has 0 saturated heterocycles. The van der Waals surface area contributed by atoms with Gasteiger partial charge >= 0.3 is 0 Å². The van der Waals surface area contributed by atoms with Crippen molar-refractivity contribution < 1.29 is 0 Å². The normalized spacial score (nSPS) is 18.3. The lowest BCUT2D eigenvalue weighted by Gasteiger charge is -2.34. The van der Waals surface area contributed by atoms with Gasteiger partial charge in [0.15, 0.2) is 0 Å². The summed E-state index contributed by atoms with van der Waals surface area (Å²) in [6.45, 7) is 4.77. The van der Waals surface area contributed by atoms with Gasteiger partial charge < -0.3 is 11.5 Å². The van der Waals surface area contributed by atoms with Crippen molar-refractivity contribution in [3.05, 3.63) is 48.0 Å². The number of hydrogen-bond donors (Lipinski definition) is 2. The van der Waals surface area contributed by atoms with Crippen LogP contribution in [0.2, 0.25) is 0 Å². The van der Waals surface area contributed by atoms with Crippen molar-refractivity contribution in [2.24, 2.45) is 5.41 Å². The Morgan fingerprint density at radius 1 is 0.909 bits per heavy atom. The van der Waals surface area contributed by atoms with Gasteiger partial charge in [-0.2, -0.15) is 0 Å². The Hall–Kier alpha value is -1.96. The number of nitrogen functional groups attached to an aromatic ring is 2. The molecule has 0 aliphatic heterocycles. The third kappa shape index (κ3) is 3.11. The number of anilines is 2. The molecule has 116 valence electrons. The first-order chi connectivity index (χ1) is 10.4. The second-order valence-electron chi connectivity index (χ2n) is 7.41. The molecule has 0 spiro atoms. The van der Waals surface area contributed by atoms with Crippen molar-refractivity contribution in [2.45, 2.75) is 45.4 Å². The monoisotopic (exact) mass is 294 g/mol. The van der Waals surface area contributed by atoms with Crippen molar-refractivity contribution in [3.8, 4) is 11.1 Å². The lowest BCUT2D eigenvalue weighted by atomic mass is 9.71. The first-order valence-corrected chi connectivity index (χ1v) is 8.20. The average Bonchev–Trinajstić information content (AvgIpc) is 2.50. The molecular weight excluding hydrogens is 268 g/mol. The number of nitrogens with two attached hydrogens (primary N) is 2. The summed E-state index contributed by atoms with van der Waals surface area (Å²) >= 11 is 0. The highest BCUT2D eigenvalue weighted by Gasteiger charge is 2.27. The van der Waals surface area contributed by atoms with Gasteiger partial charge in [-0.25, -0.2) is 0 Å².